The number of nitrogens with zero attached hydrogens (tertiary/aromatic N) is 1. The van der Waals surface area contributed by atoms with E-state index in [2.05, 4.69) is 5.32 Å². The number of nitro groups is 1. The molecule has 0 aromatic heterocycles. The van der Waals surface area contributed by atoms with Gasteiger partial charge in [0.1, 0.15) is 0 Å². The highest BCUT2D eigenvalue weighted by Gasteiger charge is 2.20. The van der Waals surface area contributed by atoms with Gasteiger partial charge in [0, 0.05) is 12.6 Å². The van der Waals surface area contributed by atoms with Crippen molar-refractivity contribution in [1.29, 1.82) is 0 Å². The van der Waals surface area contributed by atoms with E-state index in [0.29, 0.717) is 6.54 Å². The lowest BCUT2D eigenvalue weighted by molar-refractivity contribution is -0.385. The van der Waals surface area contributed by atoms with E-state index in [-0.39, 0.29) is 5.56 Å². The third-order valence-electron chi connectivity index (χ3n) is 2.23. The number of carbonyl (C=O) groups is 1. The molecule has 0 aliphatic carbocycles. The van der Waals surface area contributed by atoms with Crippen molar-refractivity contribution in [3.63, 3.8) is 0 Å². The van der Waals surface area contributed by atoms with Crippen LogP contribution in [0.1, 0.15) is 24.2 Å². The van der Waals surface area contributed by atoms with Gasteiger partial charge in [0.15, 0.2) is 0 Å². The quantitative estimate of drug-likeness (QED) is 0.485. The Kier molecular flexibility index (Phi) is 4.42. The average molecular weight is 250 g/mol. The second-order valence-electron chi connectivity index (χ2n) is 3.92. The number of hydrogen-bond donors (Lipinski definition) is 2. The van der Waals surface area contributed by atoms with Crippen LogP contribution < -0.4 is 5.32 Å². The van der Waals surface area contributed by atoms with Crippen molar-refractivity contribution in [3.05, 3.63) is 45.5 Å². The highest BCUT2D eigenvalue weighted by Crippen LogP contribution is 2.28. The molecule has 0 saturated heterocycles. The lowest BCUT2D eigenvalue weighted by atomic mass is 10.1. The van der Waals surface area contributed by atoms with E-state index in [0.717, 1.165) is 11.6 Å². The highest BCUT2D eigenvalue weighted by molar-refractivity contribution is 5.98. The molecule has 0 aliphatic rings. The number of nitro benzene ring substituents is 1. The second-order valence-corrected chi connectivity index (χ2v) is 3.92. The lowest BCUT2D eigenvalue weighted by Gasteiger charge is -2.05. The van der Waals surface area contributed by atoms with Crippen LogP contribution >= 0.6 is 0 Å². The van der Waals surface area contributed by atoms with Gasteiger partial charge in [0.25, 0.3) is 5.91 Å². The summed E-state index contributed by atoms with van der Waals surface area (Å²) in [6.07, 6.45) is 1.80. The maximum Gasteiger partial charge on any atom is 0.311 e. The Morgan fingerprint density at radius 1 is 1.50 bits per heavy atom. The number of hydrogen-bond acceptors (Lipinski definition) is 4. The van der Waals surface area contributed by atoms with Gasteiger partial charge in [-0.1, -0.05) is 17.7 Å². The Labute approximate surface area is 104 Å². The summed E-state index contributed by atoms with van der Waals surface area (Å²) >= 11 is 0. The molecule has 0 heterocycles. The van der Waals surface area contributed by atoms with Gasteiger partial charge in [-0.3, -0.25) is 14.9 Å². The monoisotopic (exact) mass is 250 g/mol. The molecule has 0 fully saturated rings. The Morgan fingerprint density at radius 3 is 2.72 bits per heavy atom. The van der Waals surface area contributed by atoms with Crippen molar-refractivity contribution in [3.8, 4) is 5.75 Å². The van der Waals surface area contributed by atoms with Gasteiger partial charge in [-0.25, -0.2) is 0 Å². The molecule has 0 radical (unpaired) electrons. The molecule has 0 saturated carbocycles. The van der Waals surface area contributed by atoms with Crippen molar-refractivity contribution in [2.45, 2.75) is 13.8 Å². The van der Waals surface area contributed by atoms with E-state index >= 15 is 0 Å². The Balaban J connectivity index is 2.90. The summed E-state index contributed by atoms with van der Waals surface area (Å²) in [4.78, 5) is 21.6. The number of amides is 1. The first-order valence-corrected chi connectivity index (χ1v) is 5.31. The molecule has 96 valence electrons. The van der Waals surface area contributed by atoms with Crippen molar-refractivity contribution < 1.29 is 14.8 Å². The molecule has 2 N–H and O–H groups in total. The highest BCUT2D eigenvalue weighted by atomic mass is 16.6. The Hall–Kier alpha value is -2.37. The topological polar surface area (TPSA) is 92.5 Å². The molecule has 18 heavy (non-hydrogen) atoms. The van der Waals surface area contributed by atoms with Crippen molar-refractivity contribution in [2.75, 3.05) is 6.54 Å². The van der Waals surface area contributed by atoms with Crippen LogP contribution in [0.25, 0.3) is 0 Å². The molecule has 1 amide bonds. The zero-order valence-corrected chi connectivity index (χ0v) is 10.1. The van der Waals surface area contributed by atoms with Crippen LogP contribution in [0, 0.1) is 10.1 Å². The normalized spacial score (nSPS) is 9.67. The fraction of sp³-hybridized carbons (Fsp3) is 0.250. The average Bonchev–Trinajstić information content (AvgIpc) is 2.28. The van der Waals surface area contributed by atoms with Crippen LogP contribution in [0.3, 0.4) is 0 Å². The molecule has 0 atom stereocenters. The maximum absolute atomic E-state index is 11.7. The van der Waals surface area contributed by atoms with E-state index in [4.69, 9.17) is 0 Å². The summed E-state index contributed by atoms with van der Waals surface area (Å²) in [6.45, 7) is 4.08. The third-order valence-corrected chi connectivity index (χ3v) is 2.23. The Morgan fingerprint density at radius 2 is 2.17 bits per heavy atom. The summed E-state index contributed by atoms with van der Waals surface area (Å²) in [6, 6.07) is 3.83. The zero-order chi connectivity index (χ0) is 13.7. The van der Waals surface area contributed by atoms with Gasteiger partial charge < -0.3 is 10.4 Å². The molecular weight excluding hydrogens is 236 g/mol. The minimum Gasteiger partial charge on any atom is -0.502 e. The first-order valence-electron chi connectivity index (χ1n) is 5.31. The van der Waals surface area contributed by atoms with Gasteiger partial charge in [-0.2, -0.15) is 0 Å². The Bertz CT molecular complexity index is 505. The zero-order valence-electron chi connectivity index (χ0n) is 10.1. The van der Waals surface area contributed by atoms with Crippen LogP contribution in [0.15, 0.2) is 29.8 Å². The molecule has 1 rings (SSSR count). The number of para-hydroxylation sites is 1. The molecule has 0 spiro atoms. The number of aromatic hydroxyl groups is 1. The lowest BCUT2D eigenvalue weighted by Crippen LogP contribution is -2.23. The largest absolute Gasteiger partial charge is 0.502 e. The van der Waals surface area contributed by atoms with Crippen molar-refractivity contribution >= 4 is 11.6 Å². The fourth-order valence-electron chi connectivity index (χ4n) is 1.30. The maximum atomic E-state index is 11.7. The van der Waals surface area contributed by atoms with Crippen molar-refractivity contribution in [1.82, 2.24) is 5.32 Å². The molecule has 0 aliphatic heterocycles. The van der Waals surface area contributed by atoms with E-state index in [1.807, 2.05) is 13.8 Å². The van der Waals surface area contributed by atoms with Gasteiger partial charge >= 0.3 is 5.69 Å². The van der Waals surface area contributed by atoms with Crippen LogP contribution in [0.2, 0.25) is 0 Å². The van der Waals surface area contributed by atoms with Crippen molar-refractivity contribution in [2.24, 2.45) is 0 Å². The summed E-state index contributed by atoms with van der Waals surface area (Å²) in [5.74, 6) is -1.16. The minimum atomic E-state index is -0.734. The first-order chi connectivity index (χ1) is 8.43. The standard InChI is InChI=1S/C12H14N2O4/c1-8(2)6-7-13-12(16)9-4-3-5-10(11(9)15)14(17)18/h3-6,15H,7H2,1-2H3,(H,13,16). The number of benzene rings is 1. The third kappa shape index (κ3) is 3.31. The van der Waals surface area contributed by atoms with E-state index in [9.17, 15) is 20.0 Å². The summed E-state index contributed by atoms with van der Waals surface area (Å²) in [5, 5.41) is 22.8. The molecule has 0 unspecified atom stereocenters. The smallest absolute Gasteiger partial charge is 0.311 e. The second kappa shape index (κ2) is 5.81. The van der Waals surface area contributed by atoms with E-state index in [1.54, 1.807) is 6.08 Å². The predicted molar refractivity (Wildman–Crippen MR) is 66.5 cm³/mol. The molecular formula is C12H14N2O4. The molecule has 0 bridgehead atoms. The summed E-state index contributed by atoms with van der Waals surface area (Å²) in [5.41, 5.74) is 0.454. The van der Waals surface area contributed by atoms with Gasteiger partial charge in [-0.05, 0) is 19.9 Å². The number of phenols is 1. The van der Waals surface area contributed by atoms with Gasteiger partial charge in [0.05, 0.1) is 10.5 Å². The summed E-state index contributed by atoms with van der Waals surface area (Å²) < 4.78 is 0. The number of carbonyl (C=O) groups excluding carboxylic acids is 1. The molecule has 6 heteroatoms. The predicted octanol–water partition coefficient (Wildman–Crippen LogP) is 2.00. The SMILES string of the molecule is CC(C)=CCNC(=O)c1cccc([N+](=O)[O-])c1O. The van der Waals surface area contributed by atoms with E-state index < -0.39 is 22.3 Å². The van der Waals surface area contributed by atoms with E-state index in [1.165, 1.54) is 12.1 Å². The molecule has 1 aromatic rings. The minimum absolute atomic E-state index is 0.105. The number of nitrogens with one attached hydrogen (secondary N) is 1. The number of phenolic OH excluding ortho intramolecular Hbond substituents is 1. The van der Waals surface area contributed by atoms with Crippen LogP contribution in [0.4, 0.5) is 5.69 Å². The number of rotatable bonds is 4. The molecule has 1 aromatic carbocycles. The van der Waals surface area contributed by atoms with Gasteiger partial charge in [-0.15, -0.1) is 0 Å². The van der Waals surface area contributed by atoms with Crippen LogP contribution in [0.5, 0.6) is 5.75 Å². The first kappa shape index (κ1) is 13.7. The summed E-state index contributed by atoms with van der Waals surface area (Å²) in [7, 11) is 0. The van der Waals surface area contributed by atoms with Crippen LogP contribution in [-0.2, 0) is 0 Å². The van der Waals surface area contributed by atoms with Gasteiger partial charge in [0.2, 0.25) is 5.75 Å². The fourth-order valence-corrected chi connectivity index (χ4v) is 1.30. The number of allylic oxidation sites excluding steroid dienone is 1. The molecule has 6 nitrogen and oxygen atoms in total. The van der Waals surface area contributed by atoms with Crippen LogP contribution in [-0.4, -0.2) is 22.5 Å².